The van der Waals surface area contributed by atoms with Crippen LogP contribution in [0.4, 0.5) is 4.39 Å². The Hall–Kier alpha value is -3.23. The summed E-state index contributed by atoms with van der Waals surface area (Å²) in [4.78, 5) is 39.8. The molecule has 0 saturated carbocycles. The number of amides is 2. The van der Waals surface area contributed by atoms with E-state index in [0.717, 1.165) is 16.0 Å². The van der Waals surface area contributed by atoms with E-state index in [2.05, 4.69) is 0 Å². The first-order valence-corrected chi connectivity index (χ1v) is 12.1. The van der Waals surface area contributed by atoms with Crippen molar-refractivity contribution in [2.75, 3.05) is 0 Å². The number of aliphatic carboxylic acids is 1. The Morgan fingerprint density at radius 2 is 1.69 bits per heavy atom. The van der Waals surface area contributed by atoms with Gasteiger partial charge in [-0.1, -0.05) is 35.9 Å². The molecule has 2 aromatic carbocycles. The minimum absolute atomic E-state index is 0.130. The van der Waals surface area contributed by atoms with Crippen LogP contribution in [0.25, 0.3) is 10.4 Å². The fourth-order valence-electron chi connectivity index (χ4n) is 4.07. The quantitative estimate of drug-likeness (QED) is 0.377. The first-order valence-electron chi connectivity index (χ1n) is 10.9. The van der Waals surface area contributed by atoms with Gasteiger partial charge in [0.1, 0.15) is 11.9 Å². The van der Waals surface area contributed by atoms with Crippen molar-refractivity contribution in [3.05, 3.63) is 81.9 Å². The average Bonchev–Trinajstić information content (AvgIpc) is 3.23. The maximum absolute atomic E-state index is 13.8. The predicted octanol–water partition coefficient (Wildman–Crippen LogP) is 5.39. The van der Waals surface area contributed by atoms with Crippen LogP contribution in [0.1, 0.15) is 42.6 Å². The van der Waals surface area contributed by atoms with E-state index in [-0.39, 0.29) is 18.7 Å². The molecule has 0 aliphatic carbocycles. The van der Waals surface area contributed by atoms with Crippen LogP contribution in [-0.4, -0.2) is 39.4 Å². The summed E-state index contributed by atoms with van der Waals surface area (Å²) in [6.07, 6.45) is -0.168. The molecule has 2 amide bonds. The monoisotopic (exact) mass is 516 g/mol. The third kappa shape index (κ3) is 6.68. The Bertz CT molecular complexity index is 1210. The lowest BCUT2D eigenvalue weighted by molar-refractivity contribution is -0.137. The van der Waals surface area contributed by atoms with Crippen LogP contribution < -0.4 is 5.73 Å². The lowest BCUT2D eigenvalue weighted by Crippen LogP contribution is -2.58. The van der Waals surface area contributed by atoms with Crippen molar-refractivity contribution < 1.29 is 23.9 Å². The van der Waals surface area contributed by atoms with E-state index in [1.165, 1.54) is 28.4 Å². The lowest BCUT2D eigenvalue weighted by atomic mass is 9.89. The Kier molecular flexibility index (Phi) is 8.30. The van der Waals surface area contributed by atoms with Gasteiger partial charge < -0.3 is 15.7 Å². The van der Waals surface area contributed by atoms with Crippen molar-refractivity contribution >= 4 is 40.7 Å². The normalized spacial score (nSPS) is 12.2. The molecule has 3 rings (SSSR count). The van der Waals surface area contributed by atoms with Crippen molar-refractivity contribution in [3.8, 4) is 10.4 Å². The fourth-order valence-corrected chi connectivity index (χ4v) is 5.12. The topological polar surface area (TPSA) is 101 Å². The predicted molar refractivity (Wildman–Crippen MR) is 135 cm³/mol. The summed E-state index contributed by atoms with van der Waals surface area (Å²) >= 11 is 7.44. The summed E-state index contributed by atoms with van der Waals surface area (Å²) in [7, 11) is 0. The first kappa shape index (κ1) is 26.4. The highest BCUT2D eigenvalue weighted by molar-refractivity contribution is 7.19. The van der Waals surface area contributed by atoms with E-state index in [1.807, 2.05) is 6.07 Å². The molecule has 3 aromatic rings. The van der Waals surface area contributed by atoms with E-state index in [0.29, 0.717) is 16.3 Å². The Morgan fingerprint density at radius 3 is 2.20 bits per heavy atom. The highest BCUT2D eigenvalue weighted by Gasteiger charge is 2.39. The third-order valence-corrected chi connectivity index (χ3v) is 6.96. The van der Waals surface area contributed by atoms with E-state index >= 15 is 0 Å². The summed E-state index contributed by atoms with van der Waals surface area (Å²) in [5.41, 5.74) is 6.67. The van der Waals surface area contributed by atoms with E-state index in [1.54, 1.807) is 56.3 Å². The molecule has 3 N–H and O–H groups in total. The highest BCUT2D eigenvalue weighted by atomic mass is 35.5. The Labute approximate surface area is 212 Å². The van der Waals surface area contributed by atoms with Crippen LogP contribution in [-0.2, 0) is 16.0 Å². The number of primary amides is 1. The van der Waals surface area contributed by atoms with Crippen LogP contribution in [0, 0.1) is 5.82 Å². The highest BCUT2D eigenvalue weighted by Crippen LogP contribution is 2.32. The van der Waals surface area contributed by atoms with Crippen molar-refractivity contribution in [1.29, 1.82) is 0 Å². The van der Waals surface area contributed by atoms with Gasteiger partial charge in [-0.3, -0.25) is 14.4 Å². The molecule has 0 unspecified atom stereocenters. The fraction of sp³-hybridized carbons (Fsp3) is 0.269. The minimum Gasteiger partial charge on any atom is -0.481 e. The zero-order chi connectivity index (χ0) is 25.8. The molecule has 0 bridgehead atoms. The number of carboxylic acids is 1. The standard InChI is InChI=1S/C26H26ClFN2O4S/c1-26(2,15-16-3-9-19(28)10-4-16)30(20(24(29)33)11-14-23(31)32)25(34)18-7-5-17(6-8-18)21-12-13-22(27)35-21/h3-10,12-13,20H,11,14-15H2,1-2H3,(H2,29,33)(H,31,32)/t20-/m0/s1. The van der Waals surface area contributed by atoms with Gasteiger partial charge in [-0.05, 0) is 74.2 Å². The molecular formula is C26H26ClFN2O4S. The second-order valence-electron chi connectivity index (χ2n) is 8.82. The van der Waals surface area contributed by atoms with Crippen molar-refractivity contribution in [2.24, 2.45) is 5.73 Å². The molecule has 184 valence electrons. The molecule has 1 aromatic heterocycles. The summed E-state index contributed by atoms with van der Waals surface area (Å²) < 4.78 is 14.1. The molecule has 0 aliphatic heterocycles. The molecule has 9 heteroatoms. The van der Waals surface area contributed by atoms with Crippen LogP contribution >= 0.6 is 22.9 Å². The first-order chi connectivity index (χ1) is 16.5. The average molecular weight is 517 g/mol. The molecule has 1 heterocycles. The number of halogens is 2. The molecule has 35 heavy (non-hydrogen) atoms. The number of carbonyl (C=O) groups is 3. The van der Waals surface area contributed by atoms with Gasteiger partial charge in [0.05, 0.1) is 4.34 Å². The molecular weight excluding hydrogens is 491 g/mol. The molecule has 0 saturated heterocycles. The van der Waals surface area contributed by atoms with Crippen LogP contribution in [0.3, 0.4) is 0 Å². The van der Waals surface area contributed by atoms with E-state index in [9.17, 15) is 23.9 Å². The SMILES string of the molecule is CC(C)(Cc1ccc(F)cc1)N(C(=O)c1ccc(-c2ccc(Cl)s2)cc1)[C@@H](CCC(=O)O)C(N)=O. The van der Waals surface area contributed by atoms with E-state index < -0.39 is 29.4 Å². The molecule has 0 aliphatic rings. The smallest absolute Gasteiger partial charge is 0.303 e. The number of hydrogen-bond acceptors (Lipinski definition) is 4. The van der Waals surface area contributed by atoms with Crippen LogP contribution in [0.2, 0.25) is 4.34 Å². The van der Waals surface area contributed by atoms with Gasteiger partial charge >= 0.3 is 5.97 Å². The number of carbonyl (C=O) groups excluding carboxylic acids is 2. The van der Waals surface area contributed by atoms with Crippen LogP contribution in [0.15, 0.2) is 60.7 Å². The van der Waals surface area contributed by atoms with Crippen molar-refractivity contribution in [1.82, 2.24) is 4.90 Å². The maximum atomic E-state index is 13.8. The number of nitrogens with two attached hydrogens (primary N) is 1. The Balaban J connectivity index is 1.98. The maximum Gasteiger partial charge on any atom is 0.303 e. The zero-order valence-corrected chi connectivity index (χ0v) is 20.9. The number of carboxylic acid groups (broad SMARTS) is 1. The number of rotatable bonds is 10. The van der Waals surface area contributed by atoms with Gasteiger partial charge in [0, 0.05) is 22.4 Å². The number of thiophene rings is 1. The van der Waals surface area contributed by atoms with Gasteiger partial charge in [-0.15, -0.1) is 11.3 Å². The second-order valence-corrected chi connectivity index (χ2v) is 10.5. The van der Waals surface area contributed by atoms with Gasteiger partial charge in [0.25, 0.3) is 5.91 Å². The van der Waals surface area contributed by atoms with Crippen LogP contribution in [0.5, 0.6) is 0 Å². The molecule has 0 fully saturated rings. The van der Waals surface area contributed by atoms with Gasteiger partial charge in [-0.2, -0.15) is 0 Å². The molecule has 0 spiro atoms. The zero-order valence-electron chi connectivity index (χ0n) is 19.3. The van der Waals surface area contributed by atoms with Crippen molar-refractivity contribution in [2.45, 2.75) is 44.7 Å². The number of nitrogens with zero attached hydrogens (tertiary/aromatic N) is 1. The molecule has 6 nitrogen and oxygen atoms in total. The lowest BCUT2D eigenvalue weighted by Gasteiger charge is -2.43. The number of hydrogen-bond donors (Lipinski definition) is 2. The molecule has 1 atom stereocenters. The van der Waals surface area contributed by atoms with Gasteiger partial charge in [0.2, 0.25) is 5.91 Å². The summed E-state index contributed by atoms with van der Waals surface area (Å²) in [6.45, 7) is 3.54. The summed E-state index contributed by atoms with van der Waals surface area (Å²) in [5.74, 6) is -2.74. The van der Waals surface area contributed by atoms with E-state index in [4.69, 9.17) is 17.3 Å². The van der Waals surface area contributed by atoms with Crippen molar-refractivity contribution in [3.63, 3.8) is 0 Å². The second kappa shape index (κ2) is 11.0. The summed E-state index contributed by atoms with van der Waals surface area (Å²) in [6, 6.07) is 15.3. The van der Waals surface area contributed by atoms with Gasteiger partial charge in [-0.25, -0.2) is 4.39 Å². The van der Waals surface area contributed by atoms with Gasteiger partial charge in [0.15, 0.2) is 0 Å². The largest absolute Gasteiger partial charge is 0.481 e. The third-order valence-electron chi connectivity index (χ3n) is 5.68. The Morgan fingerprint density at radius 1 is 1.06 bits per heavy atom. The summed E-state index contributed by atoms with van der Waals surface area (Å²) in [5, 5.41) is 9.19. The number of benzene rings is 2. The minimum atomic E-state index is -1.15. The molecule has 0 radical (unpaired) electrons.